The van der Waals surface area contributed by atoms with Gasteiger partial charge in [0.2, 0.25) is 0 Å². The van der Waals surface area contributed by atoms with Gasteiger partial charge in [-0.25, -0.2) is 0 Å². The third-order valence-electron chi connectivity index (χ3n) is 3.56. The van der Waals surface area contributed by atoms with Crippen molar-refractivity contribution >= 4 is 17.3 Å². The minimum absolute atomic E-state index is 0.0399. The Hall–Kier alpha value is -3.09. The van der Waals surface area contributed by atoms with Gasteiger partial charge in [0.25, 0.3) is 11.6 Å². The molecular formula is C18H21N3O4. The maximum absolute atomic E-state index is 11.8. The van der Waals surface area contributed by atoms with Crippen molar-refractivity contribution in [2.45, 2.75) is 13.8 Å². The highest BCUT2D eigenvalue weighted by atomic mass is 16.6. The van der Waals surface area contributed by atoms with Crippen LogP contribution >= 0.6 is 0 Å². The first-order valence-electron chi connectivity index (χ1n) is 7.91. The summed E-state index contributed by atoms with van der Waals surface area (Å²) in [6.07, 6.45) is 0. The Labute approximate surface area is 146 Å². The van der Waals surface area contributed by atoms with E-state index in [2.05, 4.69) is 10.6 Å². The average Bonchev–Trinajstić information content (AvgIpc) is 2.60. The van der Waals surface area contributed by atoms with Crippen LogP contribution < -0.4 is 15.4 Å². The van der Waals surface area contributed by atoms with E-state index >= 15 is 0 Å². The largest absolute Gasteiger partial charge is 0.483 e. The predicted molar refractivity (Wildman–Crippen MR) is 96.0 cm³/mol. The molecule has 0 aliphatic rings. The van der Waals surface area contributed by atoms with Crippen molar-refractivity contribution in [3.8, 4) is 5.75 Å². The first-order valence-corrected chi connectivity index (χ1v) is 7.91. The molecule has 7 heteroatoms. The number of non-ortho nitro benzene ring substituents is 1. The lowest BCUT2D eigenvalue weighted by Gasteiger charge is -2.11. The van der Waals surface area contributed by atoms with Crippen LogP contribution in [0.2, 0.25) is 0 Å². The zero-order valence-corrected chi connectivity index (χ0v) is 14.2. The SMILES string of the molecule is Cc1ccc(C)c(OCC(=O)NCCNc2ccc([N+](=O)[O-])cc2)c1. The molecule has 7 nitrogen and oxygen atoms in total. The number of carbonyl (C=O) groups is 1. The number of hydrogen-bond donors (Lipinski definition) is 2. The molecule has 2 aromatic rings. The maximum Gasteiger partial charge on any atom is 0.269 e. The third-order valence-corrected chi connectivity index (χ3v) is 3.56. The quantitative estimate of drug-likeness (QED) is 0.437. The fourth-order valence-electron chi connectivity index (χ4n) is 2.17. The third kappa shape index (κ3) is 5.80. The highest BCUT2D eigenvalue weighted by Crippen LogP contribution is 2.18. The molecule has 0 spiro atoms. The second-order valence-corrected chi connectivity index (χ2v) is 5.64. The molecule has 0 heterocycles. The van der Waals surface area contributed by atoms with Gasteiger partial charge in [-0.1, -0.05) is 12.1 Å². The Bertz CT molecular complexity index is 744. The summed E-state index contributed by atoms with van der Waals surface area (Å²) in [5.74, 6) is 0.505. The van der Waals surface area contributed by atoms with Crippen molar-refractivity contribution in [1.82, 2.24) is 5.32 Å². The first kappa shape index (κ1) is 18.3. The smallest absolute Gasteiger partial charge is 0.269 e. The van der Waals surface area contributed by atoms with Crippen LogP contribution in [0.15, 0.2) is 42.5 Å². The number of aryl methyl sites for hydroxylation is 2. The van der Waals surface area contributed by atoms with Crippen LogP contribution in [0, 0.1) is 24.0 Å². The van der Waals surface area contributed by atoms with Crippen molar-refractivity contribution in [1.29, 1.82) is 0 Å². The number of nitrogens with one attached hydrogen (secondary N) is 2. The number of nitrogens with zero attached hydrogens (tertiary/aromatic N) is 1. The van der Waals surface area contributed by atoms with Crippen molar-refractivity contribution < 1.29 is 14.5 Å². The second kappa shape index (κ2) is 8.68. The molecule has 2 N–H and O–H groups in total. The van der Waals surface area contributed by atoms with Crippen LogP contribution in [0.3, 0.4) is 0 Å². The standard InChI is InChI=1S/C18H21N3O4/c1-13-3-4-14(2)17(11-13)25-12-18(22)20-10-9-19-15-5-7-16(8-6-15)21(23)24/h3-8,11,19H,9-10,12H2,1-2H3,(H,20,22). The van der Waals surface area contributed by atoms with Crippen LogP contribution in [0.1, 0.15) is 11.1 Å². The second-order valence-electron chi connectivity index (χ2n) is 5.64. The van der Waals surface area contributed by atoms with Gasteiger partial charge in [-0.15, -0.1) is 0 Å². The minimum Gasteiger partial charge on any atom is -0.483 e. The van der Waals surface area contributed by atoms with Crippen LogP contribution in [0.5, 0.6) is 5.75 Å². The van der Waals surface area contributed by atoms with E-state index in [0.29, 0.717) is 18.8 Å². The molecule has 132 valence electrons. The topological polar surface area (TPSA) is 93.5 Å². The number of carbonyl (C=O) groups excluding carboxylic acids is 1. The zero-order valence-electron chi connectivity index (χ0n) is 14.2. The molecule has 25 heavy (non-hydrogen) atoms. The molecule has 0 fully saturated rings. The summed E-state index contributed by atoms with van der Waals surface area (Å²) >= 11 is 0. The monoisotopic (exact) mass is 343 g/mol. The molecule has 0 saturated carbocycles. The number of hydrogen-bond acceptors (Lipinski definition) is 5. The molecule has 1 amide bonds. The van der Waals surface area contributed by atoms with Gasteiger partial charge in [-0.2, -0.15) is 0 Å². The number of anilines is 1. The predicted octanol–water partition coefficient (Wildman–Crippen LogP) is 2.82. The Morgan fingerprint density at radius 2 is 1.84 bits per heavy atom. The van der Waals surface area contributed by atoms with Crippen molar-refractivity contribution in [3.63, 3.8) is 0 Å². The van der Waals surface area contributed by atoms with E-state index in [4.69, 9.17) is 4.74 Å². The summed E-state index contributed by atoms with van der Waals surface area (Å²) in [5, 5.41) is 16.4. The summed E-state index contributed by atoms with van der Waals surface area (Å²) in [6, 6.07) is 12.0. The van der Waals surface area contributed by atoms with Crippen molar-refractivity contribution in [3.05, 3.63) is 63.7 Å². The number of rotatable bonds is 8. The summed E-state index contributed by atoms with van der Waals surface area (Å²) < 4.78 is 5.53. The fraction of sp³-hybridized carbons (Fsp3) is 0.278. The van der Waals surface area contributed by atoms with E-state index < -0.39 is 4.92 Å². The van der Waals surface area contributed by atoms with Gasteiger partial charge >= 0.3 is 0 Å². The number of nitro groups is 1. The van der Waals surface area contributed by atoms with E-state index in [1.165, 1.54) is 12.1 Å². The molecule has 0 atom stereocenters. The van der Waals surface area contributed by atoms with E-state index in [-0.39, 0.29) is 18.2 Å². The Kier molecular flexibility index (Phi) is 6.33. The van der Waals surface area contributed by atoms with E-state index in [1.54, 1.807) is 12.1 Å². The van der Waals surface area contributed by atoms with Crippen LogP contribution in [-0.4, -0.2) is 30.5 Å². The maximum atomic E-state index is 11.8. The molecule has 0 bridgehead atoms. The van der Waals surface area contributed by atoms with Gasteiger partial charge in [-0.05, 0) is 43.2 Å². The molecule has 2 aromatic carbocycles. The number of nitro benzene ring substituents is 1. The first-order chi connectivity index (χ1) is 12.0. The van der Waals surface area contributed by atoms with Gasteiger partial charge in [0.1, 0.15) is 5.75 Å². The fourth-order valence-corrected chi connectivity index (χ4v) is 2.17. The van der Waals surface area contributed by atoms with Crippen molar-refractivity contribution in [2.24, 2.45) is 0 Å². The molecule has 0 unspecified atom stereocenters. The lowest BCUT2D eigenvalue weighted by atomic mass is 10.1. The highest BCUT2D eigenvalue weighted by molar-refractivity contribution is 5.77. The van der Waals surface area contributed by atoms with E-state index in [0.717, 1.165) is 16.8 Å². The van der Waals surface area contributed by atoms with E-state index in [1.807, 2.05) is 32.0 Å². The minimum atomic E-state index is -0.444. The lowest BCUT2D eigenvalue weighted by Crippen LogP contribution is -2.32. The van der Waals surface area contributed by atoms with Crippen LogP contribution in [-0.2, 0) is 4.79 Å². The van der Waals surface area contributed by atoms with E-state index in [9.17, 15) is 14.9 Å². The lowest BCUT2D eigenvalue weighted by molar-refractivity contribution is -0.384. The average molecular weight is 343 g/mol. The van der Waals surface area contributed by atoms with Gasteiger partial charge in [0.15, 0.2) is 6.61 Å². The molecule has 0 aliphatic carbocycles. The summed E-state index contributed by atoms with van der Waals surface area (Å²) in [7, 11) is 0. The number of benzene rings is 2. The van der Waals surface area contributed by atoms with Gasteiger partial charge in [0, 0.05) is 30.9 Å². The Morgan fingerprint density at radius 3 is 2.52 bits per heavy atom. The highest BCUT2D eigenvalue weighted by Gasteiger charge is 2.06. The van der Waals surface area contributed by atoms with Gasteiger partial charge in [0.05, 0.1) is 4.92 Å². The van der Waals surface area contributed by atoms with Crippen molar-refractivity contribution in [2.75, 3.05) is 25.0 Å². The summed E-state index contributed by atoms with van der Waals surface area (Å²) in [5.41, 5.74) is 2.86. The van der Waals surface area contributed by atoms with Gasteiger partial charge in [-0.3, -0.25) is 14.9 Å². The molecule has 0 aromatic heterocycles. The summed E-state index contributed by atoms with van der Waals surface area (Å²) in [4.78, 5) is 21.9. The van der Waals surface area contributed by atoms with Crippen LogP contribution in [0.25, 0.3) is 0 Å². The molecular weight excluding hydrogens is 322 g/mol. The summed E-state index contributed by atoms with van der Waals surface area (Å²) in [6.45, 7) is 4.79. The molecule has 0 aliphatic heterocycles. The molecule has 0 saturated heterocycles. The zero-order chi connectivity index (χ0) is 18.2. The Balaban J connectivity index is 1.68. The normalized spacial score (nSPS) is 10.2. The number of ether oxygens (including phenoxy) is 1. The Morgan fingerprint density at radius 1 is 1.12 bits per heavy atom. The van der Waals surface area contributed by atoms with Crippen LogP contribution in [0.4, 0.5) is 11.4 Å². The molecule has 0 radical (unpaired) electrons. The molecule has 2 rings (SSSR count). The number of amides is 1. The van der Waals surface area contributed by atoms with Gasteiger partial charge < -0.3 is 15.4 Å².